The first-order valence-electron chi connectivity index (χ1n) is 5.74. The van der Waals surface area contributed by atoms with Crippen LogP contribution in [0.4, 0.5) is 0 Å². The Morgan fingerprint density at radius 2 is 2.06 bits per heavy atom. The van der Waals surface area contributed by atoms with E-state index >= 15 is 0 Å². The molecule has 1 atom stereocenters. The SMILES string of the molecule is NC1=CC(c2ccc(Cl)cc2C2CC2)CN1. The number of nitrogens with two attached hydrogens (primary N) is 1. The summed E-state index contributed by atoms with van der Waals surface area (Å²) in [6.07, 6.45) is 4.70. The third-order valence-corrected chi connectivity index (χ3v) is 3.61. The van der Waals surface area contributed by atoms with Crippen LogP contribution in [0.1, 0.15) is 35.8 Å². The average molecular weight is 235 g/mol. The first-order chi connectivity index (χ1) is 7.74. The highest BCUT2D eigenvalue weighted by atomic mass is 35.5. The number of nitrogens with one attached hydrogen (secondary N) is 1. The van der Waals surface area contributed by atoms with Crippen molar-refractivity contribution in [3.63, 3.8) is 0 Å². The van der Waals surface area contributed by atoms with Gasteiger partial charge in [0.05, 0.1) is 5.82 Å². The van der Waals surface area contributed by atoms with Crippen LogP contribution in [0.3, 0.4) is 0 Å². The van der Waals surface area contributed by atoms with E-state index in [4.69, 9.17) is 17.3 Å². The quantitative estimate of drug-likeness (QED) is 0.826. The van der Waals surface area contributed by atoms with Crippen molar-refractivity contribution in [2.45, 2.75) is 24.7 Å². The highest BCUT2D eigenvalue weighted by Gasteiger charge is 2.29. The zero-order valence-corrected chi connectivity index (χ0v) is 9.80. The summed E-state index contributed by atoms with van der Waals surface area (Å²) in [5.74, 6) is 1.93. The van der Waals surface area contributed by atoms with Gasteiger partial charge in [0.25, 0.3) is 0 Å². The molecule has 1 aliphatic heterocycles. The van der Waals surface area contributed by atoms with Gasteiger partial charge < -0.3 is 11.1 Å². The maximum absolute atomic E-state index is 6.07. The summed E-state index contributed by atoms with van der Waals surface area (Å²) in [5, 5.41) is 4.02. The Labute approximate surface area is 100 Å². The number of benzene rings is 1. The molecule has 0 spiro atoms. The van der Waals surface area contributed by atoms with Crippen molar-refractivity contribution in [2.75, 3.05) is 6.54 Å². The molecule has 2 nitrogen and oxygen atoms in total. The molecule has 3 N–H and O–H groups in total. The Balaban J connectivity index is 1.99. The zero-order chi connectivity index (χ0) is 11.1. The lowest BCUT2D eigenvalue weighted by Gasteiger charge is -2.13. The zero-order valence-electron chi connectivity index (χ0n) is 9.04. The molecule has 0 aromatic heterocycles. The van der Waals surface area contributed by atoms with Gasteiger partial charge in [0, 0.05) is 17.5 Å². The summed E-state index contributed by atoms with van der Waals surface area (Å²) in [6.45, 7) is 0.910. The predicted octanol–water partition coefficient (Wildman–Crippen LogP) is 2.70. The molecule has 3 rings (SSSR count). The second-order valence-corrected chi connectivity index (χ2v) is 5.09. The van der Waals surface area contributed by atoms with E-state index in [0.29, 0.717) is 5.92 Å². The van der Waals surface area contributed by atoms with Gasteiger partial charge in [-0.2, -0.15) is 0 Å². The second-order valence-electron chi connectivity index (χ2n) is 4.66. The van der Waals surface area contributed by atoms with Crippen molar-refractivity contribution in [1.82, 2.24) is 5.32 Å². The maximum Gasteiger partial charge on any atom is 0.0926 e. The highest BCUT2D eigenvalue weighted by molar-refractivity contribution is 6.30. The van der Waals surface area contributed by atoms with Crippen LogP contribution in [-0.4, -0.2) is 6.54 Å². The molecule has 1 aliphatic carbocycles. The van der Waals surface area contributed by atoms with Crippen LogP contribution in [0.2, 0.25) is 5.02 Å². The van der Waals surface area contributed by atoms with Gasteiger partial charge in [-0.3, -0.25) is 0 Å². The van der Waals surface area contributed by atoms with E-state index in [-0.39, 0.29) is 0 Å². The standard InChI is InChI=1S/C13H15ClN2/c14-10-3-4-11(9-5-13(15)16-7-9)12(6-10)8-1-2-8/h3-6,8-9,16H,1-2,7,15H2. The van der Waals surface area contributed by atoms with E-state index in [1.165, 1.54) is 24.0 Å². The van der Waals surface area contributed by atoms with Gasteiger partial charge in [0.15, 0.2) is 0 Å². The van der Waals surface area contributed by atoms with Gasteiger partial charge in [-0.25, -0.2) is 0 Å². The molecule has 0 amide bonds. The van der Waals surface area contributed by atoms with Crippen LogP contribution in [0, 0.1) is 0 Å². The molecule has 1 aromatic carbocycles. The Morgan fingerprint density at radius 3 is 2.69 bits per heavy atom. The largest absolute Gasteiger partial charge is 0.386 e. The molecule has 1 saturated carbocycles. The summed E-state index contributed by atoms with van der Waals surface area (Å²) in [5.41, 5.74) is 8.57. The Bertz CT molecular complexity index is 449. The average Bonchev–Trinajstić information content (AvgIpc) is 3.02. The van der Waals surface area contributed by atoms with E-state index in [1.54, 1.807) is 0 Å². The number of rotatable bonds is 2. The van der Waals surface area contributed by atoms with E-state index < -0.39 is 0 Å². The van der Waals surface area contributed by atoms with Crippen molar-refractivity contribution in [3.05, 3.63) is 46.2 Å². The first kappa shape index (κ1) is 10.0. The molecule has 16 heavy (non-hydrogen) atoms. The van der Waals surface area contributed by atoms with Gasteiger partial charge in [-0.15, -0.1) is 0 Å². The van der Waals surface area contributed by atoms with Crippen LogP contribution in [0.15, 0.2) is 30.1 Å². The van der Waals surface area contributed by atoms with Gasteiger partial charge in [-0.05, 0) is 48.1 Å². The lowest BCUT2D eigenvalue weighted by Crippen LogP contribution is -2.16. The summed E-state index contributed by atoms with van der Waals surface area (Å²) in [4.78, 5) is 0. The molecule has 0 radical (unpaired) electrons. The predicted molar refractivity (Wildman–Crippen MR) is 66.4 cm³/mol. The monoisotopic (exact) mass is 234 g/mol. The third kappa shape index (κ3) is 1.78. The summed E-state index contributed by atoms with van der Waals surface area (Å²) < 4.78 is 0. The molecule has 1 fully saturated rings. The molecule has 1 heterocycles. The molecule has 1 aromatic rings. The number of hydrogen-bond donors (Lipinski definition) is 2. The molecule has 1 unspecified atom stereocenters. The first-order valence-corrected chi connectivity index (χ1v) is 6.12. The minimum Gasteiger partial charge on any atom is -0.386 e. The Kier molecular flexibility index (Phi) is 2.32. The third-order valence-electron chi connectivity index (χ3n) is 3.37. The van der Waals surface area contributed by atoms with Crippen LogP contribution in [0.25, 0.3) is 0 Å². The second kappa shape index (κ2) is 3.70. The van der Waals surface area contributed by atoms with Crippen molar-refractivity contribution >= 4 is 11.6 Å². The van der Waals surface area contributed by atoms with Crippen molar-refractivity contribution in [3.8, 4) is 0 Å². The van der Waals surface area contributed by atoms with Gasteiger partial charge in [0.1, 0.15) is 0 Å². The van der Waals surface area contributed by atoms with E-state index in [2.05, 4.69) is 23.5 Å². The van der Waals surface area contributed by atoms with Gasteiger partial charge >= 0.3 is 0 Å². The number of hydrogen-bond acceptors (Lipinski definition) is 2. The maximum atomic E-state index is 6.07. The molecular formula is C13H15ClN2. The summed E-state index contributed by atoms with van der Waals surface area (Å²) in [6, 6.07) is 6.25. The number of halogens is 1. The summed E-state index contributed by atoms with van der Waals surface area (Å²) >= 11 is 6.07. The molecule has 2 aliphatic rings. The molecule has 3 heteroatoms. The molecule has 84 valence electrons. The molecule has 0 saturated heterocycles. The fraction of sp³-hybridized carbons (Fsp3) is 0.385. The Hall–Kier alpha value is -1.15. The normalized spacial score (nSPS) is 24.1. The van der Waals surface area contributed by atoms with Crippen molar-refractivity contribution < 1.29 is 0 Å². The lowest BCUT2D eigenvalue weighted by atomic mass is 9.93. The van der Waals surface area contributed by atoms with Crippen molar-refractivity contribution in [2.24, 2.45) is 5.73 Å². The van der Waals surface area contributed by atoms with E-state index in [0.717, 1.165) is 23.3 Å². The molecule has 0 bridgehead atoms. The fourth-order valence-corrected chi connectivity index (χ4v) is 2.57. The van der Waals surface area contributed by atoms with Gasteiger partial charge in [-0.1, -0.05) is 17.7 Å². The minimum atomic E-state index is 0.410. The lowest BCUT2D eigenvalue weighted by molar-refractivity contribution is 0.782. The van der Waals surface area contributed by atoms with Crippen LogP contribution >= 0.6 is 11.6 Å². The van der Waals surface area contributed by atoms with Crippen LogP contribution < -0.4 is 11.1 Å². The topological polar surface area (TPSA) is 38.0 Å². The van der Waals surface area contributed by atoms with E-state index in [1.807, 2.05) is 6.07 Å². The minimum absolute atomic E-state index is 0.410. The van der Waals surface area contributed by atoms with Crippen LogP contribution in [0.5, 0.6) is 0 Å². The highest BCUT2D eigenvalue weighted by Crippen LogP contribution is 2.44. The Morgan fingerprint density at radius 1 is 1.25 bits per heavy atom. The van der Waals surface area contributed by atoms with Gasteiger partial charge in [0.2, 0.25) is 0 Å². The fourth-order valence-electron chi connectivity index (χ4n) is 2.39. The molecular weight excluding hydrogens is 220 g/mol. The summed E-state index contributed by atoms with van der Waals surface area (Å²) in [7, 11) is 0. The van der Waals surface area contributed by atoms with Crippen LogP contribution in [-0.2, 0) is 0 Å². The van der Waals surface area contributed by atoms with Crippen molar-refractivity contribution in [1.29, 1.82) is 0 Å². The van der Waals surface area contributed by atoms with E-state index in [9.17, 15) is 0 Å². The smallest absolute Gasteiger partial charge is 0.0926 e.